The van der Waals surface area contributed by atoms with Gasteiger partial charge in [0.05, 0.1) is 36.3 Å². The third kappa shape index (κ3) is 5.87. The molecule has 1 N–H and O–H groups in total. The molecule has 0 unspecified atom stereocenters. The van der Waals surface area contributed by atoms with E-state index in [-0.39, 0.29) is 23.5 Å². The number of carbonyl (C=O) groups excluding carboxylic acids is 2. The van der Waals surface area contributed by atoms with Crippen LogP contribution < -0.4 is 14.4 Å². The Labute approximate surface area is 181 Å². The summed E-state index contributed by atoms with van der Waals surface area (Å²) in [7, 11) is -2.64. The maximum Gasteiger partial charge on any atom is 0.338 e. The number of benzene rings is 2. The molecular weight excluding hydrogens is 420 g/mol. The molecule has 2 aromatic carbocycles. The van der Waals surface area contributed by atoms with Gasteiger partial charge in [0, 0.05) is 0 Å². The fourth-order valence-electron chi connectivity index (χ4n) is 2.60. The molecule has 0 aliphatic carbocycles. The number of terminal acetylenes is 1. The molecular formula is C22H22N2O6S. The van der Waals surface area contributed by atoms with Crippen LogP contribution in [-0.2, 0) is 19.6 Å². The van der Waals surface area contributed by atoms with Gasteiger partial charge in [-0.05, 0) is 30.3 Å². The molecule has 162 valence electrons. The van der Waals surface area contributed by atoms with Gasteiger partial charge in [-0.1, -0.05) is 30.2 Å². The Morgan fingerprint density at radius 2 is 1.97 bits per heavy atom. The number of hydrogen-bond donors (Lipinski definition) is 1. The van der Waals surface area contributed by atoms with Gasteiger partial charge in [-0.3, -0.25) is 9.10 Å². The van der Waals surface area contributed by atoms with E-state index in [4.69, 9.17) is 15.9 Å². The van der Waals surface area contributed by atoms with Gasteiger partial charge < -0.3 is 14.8 Å². The lowest BCUT2D eigenvalue weighted by atomic mass is 10.2. The van der Waals surface area contributed by atoms with Gasteiger partial charge in [-0.15, -0.1) is 13.0 Å². The Bertz CT molecular complexity index is 1100. The summed E-state index contributed by atoms with van der Waals surface area (Å²) in [6, 6.07) is 12.0. The minimum Gasteiger partial charge on any atom is -0.495 e. The van der Waals surface area contributed by atoms with Crippen LogP contribution in [0.25, 0.3) is 0 Å². The summed E-state index contributed by atoms with van der Waals surface area (Å²) in [6.45, 7) is 3.07. The monoisotopic (exact) mass is 442 g/mol. The van der Waals surface area contributed by atoms with Crippen molar-refractivity contribution in [3.8, 4) is 18.1 Å². The summed E-state index contributed by atoms with van der Waals surface area (Å²) in [6.07, 6.45) is 6.48. The zero-order valence-electron chi connectivity index (χ0n) is 16.9. The second kappa shape index (κ2) is 10.8. The van der Waals surface area contributed by atoms with E-state index in [0.717, 1.165) is 4.31 Å². The normalized spacial score (nSPS) is 10.5. The van der Waals surface area contributed by atoms with E-state index in [1.807, 2.05) is 0 Å². The number of nitrogens with zero attached hydrogens (tertiary/aromatic N) is 1. The number of para-hydroxylation sites is 2. The first-order chi connectivity index (χ1) is 14.8. The molecule has 0 saturated heterocycles. The summed E-state index contributed by atoms with van der Waals surface area (Å²) in [5, 5.41) is 2.36. The summed E-state index contributed by atoms with van der Waals surface area (Å²) in [5.41, 5.74) is 0.299. The highest BCUT2D eigenvalue weighted by Gasteiger charge is 2.27. The predicted octanol–water partition coefficient (Wildman–Crippen LogP) is 1.98. The first-order valence-electron chi connectivity index (χ1n) is 9.09. The lowest BCUT2D eigenvalue weighted by Crippen LogP contribution is -2.31. The molecule has 0 aliphatic heterocycles. The molecule has 0 bridgehead atoms. The topological polar surface area (TPSA) is 102 Å². The Morgan fingerprint density at radius 1 is 1.23 bits per heavy atom. The Kier molecular flexibility index (Phi) is 8.23. The van der Waals surface area contributed by atoms with E-state index in [9.17, 15) is 18.0 Å². The zero-order chi connectivity index (χ0) is 22.9. The number of carbonyl (C=O) groups is 2. The van der Waals surface area contributed by atoms with Crippen LogP contribution >= 0.6 is 0 Å². The van der Waals surface area contributed by atoms with E-state index in [1.165, 1.54) is 37.5 Å². The third-order valence-electron chi connectivity index (χ3n) is 4.03. The van der Waals surface area contributed by atoms with Crippen LogP contribution in [0.1, 0.15) is 10.4 Å². The maximum atomic E-state index is 13.3. The molecule has 0 heterocycles. The lowest BCUT2D eigenvalue weighted by Gasteiger charge is -2.25. The van der Waals surface area contributed by atoms with Crippen molar-refractivity contribution in [3.05, 3.63) is 66.7 Å². The molecule has 2 aromatic rings. The quantitative estimate of drug-likeness (QED) is 0.343. The predicted molar refractivity (Wildman–Crippen MR) is 116 cm³/mol. The van der Waals surface area contributed by atoms with E-state index < -0.39 is 28.5 Å². The lowest BCUT2D eigenvalue weighted by molar-refractivity contribution is -0.123. The van der Waals surface area contributed by atoms with Gasteiger partial charge in [0.25, 0.3) is 15.9 Å². The summed E-state index contributed by atoms with van der Waals surface area (Å²) in [4.78, 5) is 23.7. The van der Waals surface area contributed by atoms with E-state index in [1.54, 1.807) is 24.3 Å². The van der Waals surface area contributed by atoms with Crippen LogP contribution in [0.4, 0.5) is 5.69 Å². The highest BCUT2D eigenvalue weighted by Crippen LogP contribution is 2.32. The van der Waals surface area contributed by atoms with Crippen molar-refractivity contribution < 1.29 is 27.5 Å². The first-order valence-corrected chi connectivity index (χ1v) is 10.5. The number of esters is 1. The highest BCUT2D eigenvalue weighted by molar-refractivity contribution is 7.92. The van der Waals surface area contributed by atoms with Gasteiger partial charge in [0.1, 0.15) is 5.75 Å². The molecule has 9 heteroatoms. The number of hydrogen-bond acceptors (Lipinski definition) is 6. The van der Waals surface area contributed by atoms with Crippen molar-refractivity contribution in [1.82, 2.24) is 5.32 Å². The van der Waals surface area contributed by atoms with Gasteiger partial charge in [0.15, 0.2) is 6.61 Å². The van der Waals surface area contributed by atoms with Gasteiger partial charge in [-0.2, -0.15) is 0 Å². The average Bonchev–Trinajstić information content (AvgIpc) is 2.79. The Balaban J connectivity index is 2.32. The number of anilines is 1. The highest BCUT2D eigenvalue weighted by atomic mass is 32.2. The average molecular weight is 442 g/mol. The second-order valence-corrected chi connectivity index (χ2v) is 7.94. The van der Waals surface area contributed by atoms with E-state index in [0.29, 0.717) is 11.4 Å². The van der Waals surface area contributed by atoms with Crippen LogP contribution in [0.15, 0.2) is 66.1 Å². The third-order valence-corrected chi connectivity index (χ3v) is 5.80. The smallest absolute Gasteiger partial charge is 0.338 e. The van der Waals surface area contributed by atoms with Crippen molar-refractivity contribution in [2.24, 2.45) is 0 Å². The van der Waals surface area contributed by atoms with Gasteiger partial charge >= 0.3 is 5.97 Å². The standard InChI is InChI=1S/C22H22N2O6S/c1-4-13-23-21(25)16-30-22(26)17-9-8-10-18(15-17)31(27,28)24(14-5-2)19-11-6-7-12-20(19)29-3/h1,5-12,15H,2,13-14,16H2,3H3,(H,23,25). The van der Waals surface area contributed by atoms with E-state index >= 15 is 0 Å². The number of methoxy groups -OCH3 is 1. The molecule has 0 atom stereocenters. The number of ether oxygens (including phenoxy) is 2. The minimum atomic E-state index is -4.08. The molecule has 0 aliphatic rings. The van der Waals surface area contributed by atoms with Crippen molar-refractivity contribution >= 4 is 27.6 Å². The van der Waals surface area contributed by atoms with Crippen LogP contribution in [0.2, 0.25) is 0 Å². The summed E-state index contributed by atoms with van der Waals surface area (Å²) < 4.78 is 38.0. The van der Waals surface area contributed by atoms with Crippen molar-refractivity contribution in [2.75, 3.05) is 31.1 Å². The SMILES string of the molecule is C#CCNC(=O)COC(=O)c1cccc(S(=O)(=O)N(CC=C)c2ccccc2OC)c1. The van der Waals surface area contributed by atoms with Crippen LogP contribution in [0, 0.1) is 12.3 Å². The number of rotatable bonds is 10. The molecule has 8 nitrogen and oxygen atoms in total. The number of sulfonamides is 1. The number of nitrogens with one attached hydrogen (secondary N) is 1. The van der Waals surface area contributed by atoms with Crippen LogP contribution in [-0.4, -0.2) is 47.1 Å². The molecule has 31 heavy (non-hydrogen) atoms. The van der Waals surface area contributed by atoms with Crippen LogP contribution in [0.5, 0.6) is 5.75 Å². The second-order valence-electron chi connectivity index (χ2n) is 6.08. The van der Waals surface area contributed by atoms with Crippen molar-refractivity contribution in [1.29, 1.82) is 0 Å². The molecule has 0 saturated carbocycles. The molecule has 1 amide bonds. The maximum absolute atomic E-state index is 13.3. The fourth-order valence-corrected chi connectivity index (χ4v) is 4.10. The van der Waals surface area contributed by atoms with Crippen LogP contribution in [0.3, 0.4) is 0 Å². The summed E-state index contributed by atoms with van der Waals surface area (Å²) in [5.74, 6) is 1.17. The molecule has 0 spiro atoms. The van der Waals surface area contributed by atoms with Crippen molar-refractivity contribution in [2.45, 2.75) is 4.90 Å². The Hall–Kier alpha value is -3.77. The fraction of sp³-hybridized carbons (Fsp3) is 0.182. The largest absolute Gasteiger partial charge is 0.495 e. The van der Waals surface area contributed by atoms with Gasteiger partial charge in [-0.25, -0.2) is 13.2 Å². The molecule has 0 fully saturated rings. The summed E-state index contributed by atoms with van der Waals surface area (Å²) >= 11 is 0. The van der Waals surface area contributed by atoms with Gasteiger partial charge in [0.2, 0.25) is 0 Å². The zero-order valence-corrected chi connectivity index (χ0v) is 17.7. The van der Waals surface area contributed by atoms with Crippen molar-refractivity contribution in [3.63, 3.8) is 0 Å². The van der Waals surface area contributed by atoms with E-state index in [2.05, 4.69) is 17.8 Å². The molecule has 0 aromatic heterocycles. The molecule has 0 radical (unpaired) electrons. The molecule has 2 rings (SSSR count). The minimum absolute atomic E-state index is 0.00615. The first kappa shape index (κ1) is 23.5. The number of amides is 1. The Morgan fingerprint density at radius 3 is 2.65 bits per heavy atom.